The molecule has 0 fully saturated rings. The first-order valence-electron chi connectivity index (χ1n) is 7.80. The number of rotatable bonds is 6. The number of imidazole rings is 1. The highest BCUT2D eigenvalue weighted by Gasteiger charge is 2.06. The number of hydrogen-bond donors (Lipinski definition) is 1. The van der Waals surface area contributed by atoms with Crippen molar-refractivity contribution >= 4 is 23.0 Å². The van der Waals surface area contributed by atoms with Crippen molar-refractivity contribution in [1.29, 1.82) is 5.26 Å². The third kappa shape index (κ3) is 3.82. The van der Waals surface area contributed by atoms with Gasteiger partial charge >= 0.3 is 0 Å². The van der Waals surface area contributed by atoms with Gasteiger partial charge in [-0.2, -0.15) is 5.26 Å². The summed E-state index contributed by atoms with van der Waals surface area (Å²) in [6.07, 6.45) is 4.63. The van der Waals surface area contributed by atoms with Crippen LogP contribution in [0.15, 0.2) is 54.9 Å². The SMILES string of the molecule is COc1cc(/C=C/C(=O)Nn2cnc3ccccc32)ccc1OCC#N. The van der Waals surface area contributed by atoms with Crippen molar-refractivity contribution < 1.29 is 14.3 Å². The van der Waals surface area contributed by atoms with E-state index in [2.05, 4.69) is 10.4 Å². The number of hydrogen-bond acceptors (Lipinski definition) is 5. The van der Waals surface area contributed by atoms with E-state index in [1.807, 2.05) is 30.3 Å². The van der Waals surface area contributed by atoms with Crippen molar-refractivity contribution in [2.75, 3.05) is 19.1 Å². The molecule has 0 aliphatic carbocycles. The van der Waals surface area contributed by atoms with Gasteiger partial charge in [0.2, 0.25) is 0 Å². The summed E-state index contributed by atoms with van der Waals surface area (Å²) < 4.78 is 12.1. The molecule has 1 heterocycles. The summed E-state index contributed by atoms with van der Waals surface area (Å²) in [7, 11) is 1.51. The maximum absolute atomic E-state index is 12.2. The molecule has 0 aliphatic rings. The van der Waals surface area contributed by atoms with E-state index in [1.54, 1.807) is 35.3 Å². The van der Waals surface area contributed by atoms with E-state index in [-0.39, 0.29) is 12.5 Å². The Bertz CT molecular complexity index is 1000. The zero-order chi connectivity index (χ0) is 18.4. The number of para-hydroxylation sites is 2. The second kappa shape index (κ2) is 7.85. The topological polar surface area (TPSA) is 89.2 Å². The van der Waals surface area contributed by atoms with Gasteiger partial charge in [0.05, 0.1) is 18.1 Å². The molecule has 0 saturated carbocycles. The van der Waals surface area contributed by atoms with E-state index in [4.69, 9.17) is 14.7 Å². The Morgan fingerprint density at radius 3 is 2.96 bits per heavy atom. The number of methoxy groups -OCH3 is 1. The highest BCUT2D eigenvalue weighted by Crippen LogP contribution is 2.28. The summed E-state index contributed by atoms with van der Waals surface area (Å²) in [6.45, 7) is -0.0627. The van der Waals surface area contributed by atoms with Crippen LogP contribution in [0.25, 0.3) is 17.1 Å². The van der Waals surface area contributed by atoms with Crippen LogP contribution in [0.5, 0.6) is 11.5 Å². The number of carbonyl (C=O) groups excluding carboxylic acids is 1. The lowest BCUT2D eigenvalue weighted by atomic mass is 10.2. The summed E-state index contributed by atoms with van der Waals surface area (Å²) >= 11 is 0. The Balaban J connectivity index is 1.71. The van der Waals surface area contributed by atoms with Gasteiger partial charge in [0, 0.05) is 6.08 Å². The molecule has 1 N–H and O–H groups in total. The van der Waals surface area contributed by atoms with Crippen LogP contribution in [-0.4, -0.2) is 29.3 Å². The van der Waals surface area contributed by atoms with Gasteiger partial charge < -0.3 is 9.47 Å². The molecular weight excluding hydrogens is 332 g/mol. The van der Waals surface area contributed by atoms with Crippen LogP contribution in [0.2, 0.25) is 0 Å². The van der Waals surface area contributed by atoms with Crippen LogP contribution >= 0.6 is 0 Å². The van der Waals surface area contributed by atoms with Gasteiger partial charge in [0.25, 0.3) is 5.91 Å². The van der Waals surface area contributed by atoms with Crippen molar-refractivity contribution in [3.63, 3.8) is 0 Å². The average Bonchev–Trinajstić information content (AvgIpc) is 3.08. The molecule has 0 unspecified atom stereocenters. The predicted molar refractivity (Wildman–Crippen MR) is 97.2 cm³/mol. The Morgan fingerprint density at radius 1 is 1.31 bits per heavy atom. The van der Waals surface area contributed by atoms with Gasteiger partial charge in [-0.3, -0.25) is 10.2 Å². The van der Waals surface area contributed by atoms with E-state index in [1.165, 1.54) is 13.2 Å². The number of nitriles is 1. The van der Waals surface area contributed by atoms with Crippen molar-refractivity contribution in [3.05, 3.63) is 60.4 Å². The van der Waals surface area contributed by atoms with E-state index in [0.29, 0.717) is 11.5 Å². The minimum absolute atomic E-state index is 0.0627. The van der Waals surface area contributed by atoms with Gasteiger partial charge in [0.15, 0.2) is 18.1 Å². The van der Waals surface area contributed by atoms with Gasteiger partial charge in [-0.25, -0.2) is 9.66 Å². The fourth-order valence-corrected chi connectivity index (χ4v) is 2.39. The molecule has 0 saturated heterocycles. The fraction of sp³-hybridized carbons (Fsp3) is 0.105. The molecule has 2 aromatic carbocycles. The third-order valence-corrected chi connectivity index (χ3v) is 3.59. The third-order valence-electron chi connectivity index (χ3n) is 3.59. The summed E-state index contributed by atoms with van der Waals surface area (Å²) in [5.41, 5.74) is 5.12. The molecular formula is C19H16N4O3. The summed E-state index contributed by atoms with van der Waals surface area (Å²) in [5.74, 6) is 0.667. The van der Waals surface area contributed by atoms with Crippen LogP contribution in [0.3, 0.4) is 0 Å². The molecule has 7 heteroatoms. The van der Waals surface area contributed by atoms with Gasteiger partial charge in [0.1, 0.15) is 12.4 Å². The smallest absolute Gasteiger partial charge is 0.262 e. The normalized spacial score (nSPS) is 10.6. The molecule has 0 spiro atoms. The molecule has 0 bridgehead atoms. The maximum atomic E-state index is 12.2. The van der Waals surface area contributed by atoms with Crippen molar-refractivity contribution in [3.8, 4) is 17.6 Å². The van der Waals surface area contributed by atoms with Crippen LogP contribution in [-0.2, 0) is 4.79 Å². The zero-order valence-corrected chi connectivity index (χ0v) is 14.0. The Kier molecular flexibility index (Phi) is 5.15. The molecule has 26 heavy (non-hydrogen) atoms. The van der Waals surface area contributed by atoms with E-state index >= 15 is 0 Å². The monoisotopic (exact) mass is 348 g/mol. The summed E-state index contributed by atoms with van der Waals surface area (Å²) in [5, 5.41) is 8.58. The lowest BCUT2D eigenvalue weighted by Gasteiger charge is -2.09. The van der Waals surface area contributed by atoms with Gasteiger partial charge in [-0.1, -0.05) is 18.2 Å². The van der Waals surface area contributed by atoms with Crippen LogP contribution < -0.4 is 14.9 Å². The first kappa shape index (κ1) is 17.0. The molecule has 3 rings (SSSR count). The number of ether oxygens (including phenoxy) is 2. The molecule has 3 aromatic rings. The number of benzene rings is 2. The summed E-state index contributed by atoms with van der Waals surface area (Å²) in [4.78, 5) is 16.4. The molecule has 1 amide bonds. The number of nitrogens with one attached hydrogen (secondary N) is 1. The number of aromatic nitrogens is 2. The molecule has 0 atom stereocenters. The van der Waals surface area contributed by atoms with E-state index in [0.717, 1.165) is 16.6 Å². The zero-order valence-electron chi connectivity index (χ0n) is 14.0. The van der Waals surface area contributed by atoms with Crippen LogP contribution in [0.1, 0.15) is 5.56 Å². The Labute approximate surface area is 150 Å². The highest BCUT2D eigenvalue weighted by atomic mass is 16.5. The average molecular weight is 348 g/mol. The van der Waals surface area contributed by atoms with Crippen molar-refractivity contribution in [2.45, 2.75) is 0 Å². The standard InChI is InChI=1S/C19H16N4O3/c1-25-18-12-14(6-8-17(18)26-11-10-20)7-9-19(24)22-23-13-21-15-4-2-3-5-16(15)23/h2-9,12-13H,11H2,1H3,(H,22,24)/b9-7+. The molecule has 130 valence electrons. The lowest BCUT2D eigenvalue weighted by molar-refractivity contribution is -0.112. The molecule has 0 radical (unpaired) electrons. The number of carbonyl (C=O) groups is 1. The van der Waals surface area contributed by atoms with E-state index < -0.39 is 0 Å². The highest BCUT2D eigenvalue weighted by molar-refractivity contribution is 5.98. The second-order valence-corrected chi connectivity index (χ2v) is 5.27. The second-order valence-electron chi connectivity index (χ2n) is 5.27. The maximum Gasteiger partial charge on any atom is 0.262 e. The van der Waals surface area contributed by atoms with Crippen molar-refractivity contribution in [1.82, 2.24) is 9.66 Å². The lowest BCUT2D eigenvalue weighted by Crippen LogP contribution is -2.19. The molecule has 1 aromatic heterocycles. The van der Waals surface area contributed by atoms with Crippen LogP contribution in [0, 0.1) is 11.3 Å². The quantitative estimate of drug-likeness (QED) is 0.692. The van der Waals surface area contributed by atoms with Gasteiger partial charge in [-0.05, 0) is 35.9 Å². The largest absolute Gasteiger partial charge is 0.493 e. The number of fused-ring (bicyclic) bond motifs is 1. The first-order chi connectivity index (χ1) is 12.7. The first-order valence-corrected chi connectivity index (χ1v) is 7.80. The number of amides is 1. The minimum atomic E-state index is -0.295. The Morgan fingerprint density at radius 2 is 2.15 bits per heavy atom. The number of nitrogens with zero attached hydrogens (tertiary/aromatic N) is 3. The molecule has 7 nitrogen and oxygen atoms in total. The summed E-state index contributed by atoms with van der Waals surface area (Å²) in [6, 6.07) is 14.6. The van der Waals surface area contributed by atoms with Crippen LogP contribution in [0.4, 0.5) is 0 Å². The minimum Gasteiger partial charge on any atom is -0.493 e. The van der Waals surface area contributed by atoms with E-state index in [9.17, 15) is 4.79 Å². The predicted octanol–water partition coefficient (Wildman–Crippen LogP) is 2.73. The Hall–Kier alpha value is -3.79. The fourth-order valence-electron chi connectivity index (χ4n) is 2.39. The van der Waals surface area contributed by atoms with Crippen molar-refractivity contribution in [2.24, 2.45) is 0 Å². The molecule has 0 aliphatic heterocycles. The van der Waals surface area contributed by atoms with Gasteiger partial charge in [-0.15, -0.1) is 0 Å².